The Morgan fingerprint density at radius 1 is 1.00 bits per heavy atom. The predicted octanol–water partition coefficient (Wildman–Crippen LogP) is 4.68. The van der Waals surface area contributed by atoms with Crippen LogP contribution in [0.1, 0.15) is 31.2 Å². The van der Waals surface area contributed by atoms with Crippen molar-refractivity contribution in [2.75, 3.05) is 7.11 Å². The molecular weight excluding hydrogens is 416 g/mol. The summed E-state index contributed by atoms with van der Waals surface area (Å²) in [4.78, 5) is 21.3. The molecule has 33 heavy (non-hydrogen) atoms. The molecule has 1 atom stereocenters. The first-order chi connectivity index (χ1) is 16.1. The molecule has 168 valence electrons. The van der Waals surface area contributed by atoms with Gasteiger partial charge in [0.2, 0.25) is 5.70 Å². The molecule has 2 aromatic carbocycles. The average Bonchev–Trinajstić information content (AvgIpc) is 3.18. The molecule has 7 nitrogen and oxygen atoms in total. The first kappa shape index (κ1) is 21.3. The lowest BCUT2D eigenvalue weighted by Crippen LogP contribution is -2.53. The van der Waals surface area contributed by atoms with Gasteiger partial charge in [0.05, 0.1) is 31.0 Å². The van der Waals surface area contributed by atoms with E-state index in [0.29, 0.717) is 0 Å². The summed E-state index contributed by atoms with van der Waals surface area (Å²) in [5.41, 5.74) is 2.78. The second-order valence-corrected chi connectivity index (χ2v) is 8.57. The topological polar surface area (TPSA) is 86.3 Å². The van der Waals surface area contributed by atoms with Crippen molar-refractivity contribution in [1.82, 2.24) is 0 Å². The molecule has 2 heterocycles. The van der Waals surface area contributed by atoms with Gasteiger partial charge in [-0.05, 0) is 62.1 Å². The Balaban J connectivity index is 1.40. The van der Waals surface area contributed by atoms with Crippen molar-refractivity contribution < 1.29 is 18.9 Å². The van der Waals surface area contributed by atoms with E-state index in [9.17, 15) is 4.79 Å². The average molecular weight is 444 g/mol. The van der Waals surface area contributed by atoms with Gasteiger partial charge in [-0.2, -0.15) is 10.8 Å². The van der Waals surface area contributed by atoms with Gasteiger partial charge in [-0.3, -0.25) is 9.79 Å². The van der Waals surface area contributed by atoms with Gasteiger partial charge in [0, 0.05) is 5.92 Å². The molecule has 0 aromatic heterocycles. The van der Waals surface area contributed by atoms with Crippen molar-refractivity contribution >= 4 is 18.0 Å². The Hall–Kier alpha value is -3.55. The summed E-state index contributed by atoms with van der Waals surface area (Å²) in [7, 11) is 1.45. The number of hydrogen-bond donors (Lipinski definition) is 1. The van der Waals surface area contributed by atoms with E-state index < -0.39 is 0 Å². The zero-order valence-corrected chi connectivity index (χ0v) is 18.6. The van der Waals surface area contributed by atoms with Crippen molar-refractivity contribution in [2.24, 2.45) is 27.7 Å². The van der Waals surface area contributed by atoms with Crippen LogP contribution in [0.25, 0.3) is 0 Å². The summed E-state index contributed by atoms with van der Waals surface area (Å²) >= 11 is 0. The molecular formula is C26H27N4O3+. The van der Waals surface area contributed by atoms with Gasteiger partial charge < -0.3 is 9.47 Å². The number of aliphatic imine (C=N–C) groups is 2. The minimum absolute atomic E-state index is 0.00530. The lowest BCUT2D eigenvalue weighted by molar-refractivity contribution is -0.750. The van der Waals surface area contributed by atoms with Crippen LogP contribution >= 0.6 is 0 Å². The SMILES string of the molecule is COC(=O)C1CCC(C2=C3C=NC=C[N+]3(N)C(c3ccc(Oc4ccccc4)cc3)=N2)CC1. The number of carbonyl (C=O) groups excluding carboxylic acids is 1. The third-order valence-electron chi connectivity index (χ3n) is 6.56. The molecule has 5 rings (SSSR count). The maximum absolute atomic E-state index is 11.9. The molecule has 1 saturated carbocycles. The van der Waals surface area contributed by atoms with E-state index in [4.69, 9.17) is 20.3 Å². The molecule has 0 saturated heterocycles. The Bertz CT molecular complexity index is 1160. The summed E-state index contributed by atoms with van der Waals surface area (Å²) in [5, 5.41) is 0. The highest BCUT2D eigenvalue weighted by Crippen LogP contribution is 2.41. The minimum atomic E-state index is -0.120. The van der Waals surface area contributed by atoms with Crippen molar-refractivity contribution in [3.05, 3.63) is 84.0 Å². The highest BCUT2D eigenvalue weighted by Gasteiger charge is 2.46. The van der Waals surface area contributed by atoms with Gasteiger partial charge in [0.25, 0.3) is 5.84 Å². The van der Waals surface area contributed by atoms with E-state index in [0.717, 1.165) is 60.0 Å². The van der Waals surface area contributed by atoms with Gasteiger partial charge in [-0.25, -0.2) is 0 Å². The number of benzene rings is 2. The van der Waals surface area contributed by atoms with Crippen LogP contribution in [0, 0.1) is 11.8 Å². The second kappa shape index (κ2) is 8.77. The van der Waals surface area contributed by atoms with Crippen LogP contribution in [0.15, 0.2) is 88.4 Å². The Labute approximate surface area is 193 Å². The van der Waals surface area contributed by atoms with E-state index in [-0.39, 0.29) is 22.4 Å². The number of allylic oxidation sites excluding steroid dienone is 2. The molecule has 2 aliphatic heterocycles. The summed E-state index contributed by atoms with van der Waals surface area (Å²) < 4.78 is 10.8. The molecule has 1 aliphatic carbocycles. The summed E-state index contributed by atoms with van der Waals surface area (Å²) in [6, 6.07) is 17.5. The fraction of sp³-hybridized carbons (Fsp3) is 0.269. The maximum atomic E-state index is 11.9. The lowest BCUT2D eigenvalue weighted by atomic mass is 9.80. The second-order valence-electron chi connectivity index (χ2n) is 8.57. The quantitative estimate of drug-likeness (QED) is 0.413. The van der Waals surface area contributed by atoms with E-state index in [1.165, 1.54) is 7.11 Å². The fourth-order valence-corrected chi connectivity index (χ4v) is 4.77. The number of esters is 1. The van der Waals surface area contributed by atoms with E-state index in [1.54, 1.807) is 6.20 Å². The third-order valence-corrected chi connectivity index (χ3v) is 6.56. The molecule has 0 bridgehead atoms. The number of nitrogens with zero attached hydrogens (tertiary/aromatic N) is 3. The zero-order chi connectivity index (χ0) is 22.8. The molecule has 3 aliphatic rings. The van der Waals surface area contributed by atoms with Crippen LogP contribution in [-0.2, 0) is 9.53 Å². The monoisotopic (exact) mass is 443 g/mol. The highest BCUT2D eigenvalue weighted by atomic mass is 16.5. The van der Waals surface area contributed by atoms with Gasteiger partial charge in [-0.1, -0.05) is 18.2 Å². The highest BCUT2D eigenvalue weighted by molar-refractivity contribution is 6.00. The fourth-order valence-electron chi connectivity index (χ4n) is 4.77. The Morgan fingerprint density at radius 2 is 1.70 bits per heavy atom. The Kier molecular flexibility index (Phi) is 5.66. The van der Waals surface area contributed by atoms with Crippen LogP contribution in [0.3, 0.4) is 0 Å². The number of rotatable bonds is 5. The number of quaternary nitrogens is 1. The lowest BCUT2D eigenvalue weighted by Gasteiger charge is -2.28. The first-order valence-electron chi connectivity index (χ1n) is 11.2. The summed E-state index contributed by atoms with van der Waals surface area (Å²) in [6.45, 7) is 0. The number of para-hydroxylation sites is 1. The van der Waals surface area contributed by atoms with Gasteiger partial charge >= 0.3 is 5.97 Å². The van der Waals surface area contributed by atoms with Crippen molar-refractivity contribution in [3.8, 4) is 11.5 Å². The van der Waals surface area contributed by atoms with Crippen LogP contribution in [0.5, 0.6) is 11.5 Å². The Morgan fingerprint density at radius 3 is 2.39 bits per heavy atom. The molecule has 2 aromatic rings. The van der Waals surface area contributed by atoms with Crippen molar-refractivity contribution in [1.29, 1.82) is 0 Å². The van der Waals surface area contributed by atoms with E-state index in [2.05, 4.69) is 4.99 Å². The molecule has 1 unspecified atom stereocenters. The van der Waals surface area contributed by atoms with Gasteiger partial charge in [0.1, 0.15) is 23.4 Å². The number of hydrogen-bond acceptors (Lipinski definition) is 6. The number of nitrogens with two attached hydrogens (primary N) is 1. The molecule has 2 N–H and O–H groups in total. The predicted molar refractivity (Wildman–Crippen MR) is 126 cm³/mol. The summed E-state index contributed by atoms with van der Waals surface area (Å²) in [5.74, 6) is 9.23. The van der Waals surface area contributed by atoms with Crippen LogP contribution in [0.2, 0.25) is 0 Å². The molecule has 0 spiro atoms. The number of fused-ring (bicyclic) bond motifs is 1. The maximum Gasteiger partial charge on any atom is 0.308 e. The number of carbonyl (C=O) groups is 1. The van der Waals surface area contributed by atoms with E-state index in [1.807, 2.05) is 67.0 Å². The summed E-state index contributed by atoms with van der Waals surface area (Å²) in [6.07, 6.45) is 8.71. The van der Waals surface area contributed by atoms with Crippen molar-refractivity contribution in [2.45, 2.75) is 25.7 Å². The van der Waals surface area contributed by atoms with Crippen LogP contribution in [-0.4, -0.2) is 29.7 Å². The minimum Gasteiger partial charge on any atom is -0.469 e. The number of methoxy groups -OCH3 is 1. The van der Waals surface area contributed by atoms with Crippen LogP contribution < -0.4 is 10.6 Å². The number of amidine groups is 1. The molecule has 1 fully saturated rings. The molecule has 0 amide bonds. The van der Waals surface area contributed by atoms with Gasteiger partial charge in [0.15, 0.2) is 0 Å². The zero-order valence-electron chi connectivity index (χ0n) is 18.6. The first-order valence-corrected chi connectivity index (χ1v) is 11.2. The molecule has 0 radical (unpaired) electrons. The largest absolute Gasteiger partial charge is 0.469 e. The van der Waals surface area contributed by atoms with E-state index >= 15 is 0 Å². The smallest absolute Gasteiger partial charge is 0.308 e. The standard InChI is InChI=1S/C26H27N4O3/c1-32-26(31)20-9-7-18(8-10-20)24-23-17-28-15-16-30(23,27)25(29-24)19-11-13-22(14-12-19)33-21-5-3-2-4-6-21/h2-6,11-18,20H,7-10,27H2,1H3/q+1. The normalized spacial score (nSPS) is 26.1. The number of ether oxygens (including phenoxy) is 2. The van der Waals surface area contributed by atoms with Gasteiger partial charge in [-0.15, -0.1) is 4.59 Å². The molecule has 7 heteroatoms. The third kappa shape index (κ3) is 4.01. The van der Waals surface area contributed by atoms with Crippen molar-refractivity contribution in [3.63, 3.8) is 0 Å². The van der Waals surface area contributed by atoms with Crippen LogP contribution in [0.4, 0.5) is 0 Å².